The van der Waals surface area contributed by atoms with E-state index in [0.717, 1.165) is 32.0 Å². The molecule has 0 aromatic rings. The van der Waals surface area contributed by atoms with Gasteiger partial charge in [0.05, 0.1) is 6.10 Å². The molecule has 1 unspecified atom stereocenters. The predicted octanol–water partition coefficient (Wildman–Crippen LogP) is 2.35. The summed E-state index contributed by atoms with van der Waals surface area (Å²) in [5, 5.41) is 9.36. The smallest absolute Gasteiger partial charge is 0.0537 e. The van der Waals surface area contributed by atoms with Crippen molar-refractivity contribution in [1.29, 1.82) is 0 Å². The molecular formula is C11H22O2. The Morgan fingerprint density at radius 1 is 1.38 bits per heavy atom. The summed E-state index contributed by atoms with van der Waals surface area (Å²) >= 11 is 0. The molecule has 0 bridgehead atoms. The van der Waals surface area contributed by atoms with Crippen molar-refractivity contribution in [1.82, 2.24) is 0 Å². The number of hydrogen-bond donors (Lipinski definition) is 1. The van der Waals surface area contributed by atoms with Crippen LogP contribution in [-0.4, -0.2) is 24.4 Å². The summed E-state index contributed by atoms with van der Waals surface area (Å²) in [5.41, 5.74) is 0. The zero-order valence-electron chi connectivity index (χ0n) is 8.67. The first-order chi connectivity index (χ1) is 6.33. The Bertz CT molecular complexity index is 119. The average Bonchev–Trinajstić information content (AvgIpc) is 2.19. The molecule has 0 aromatic carbocycles. The number of aliphatic hydroxyl groups excluding tert-OH is 1. The Hall–Kier alpha value is -0.0800. The number of hydrogen-bond acceptors (Lipinski definition) is 2. The van der Waals surface area contributed by atoms with Gasteiger partial charge in [-0.15, -0.1) is 0 Å². The molecule has 0 saturated carbocycles. The Morgan fingerprint density at radius 2 is 2.08 bits per heavy atom. The van der Waals surface area contributed by atoms with Crippen LogP contribution in [0.3, 0.4) is 0 Å². The van der Waals surface area contributed by atoms with Gasteiger partial charge in [-0.3, -0.25) is 0 Å². The maximum atomic E-state index is 9.36. The van der Waals surface area contributed by atoms with E-state index in [-0.39, 0.29) is 6.10 Å². The fourth-order valence-corrected chi connectivity index (χ4v) is 1.88. The van der Waals surface area contributed by atoms with Gasteiger partial charge in [-0.05, 0) is 31.6 Å². The molecule has 13 heavy (non-hydrogen) atoms. The maximum Gasteiger partial charge on any atom is 0.0537 e. The van der Waals surface area contributed by atoms with E-state index in [1.807, 2.05) is 6.92 Å². The van der Waals surface area contributed by atoms with E-state index >= 15 is 0 Å². The van der Waals surface area contributed by atoms with Gasteiger partial charge < -0.3 is 9.84 Å². The van der Waals surface area contributed by atoms with Crippen molar-refractivity contribution in [2.24, 2.45) is 5.92 Å². The van der Waals surface area contributed by atoms with Crippen LogP contribution in [0, 0.1) is 5.92 Å². The second-order valence-electron chi connectivity index (χ2n) is 4.05. The lowest BCUT2D eigenvalue weighted by atomic mass is 9.93. The van der Waals surface area contributed by atoms with Crippen molar-refractivity contribution in [2.75, 3.05) is 13.2 Å². The minimum absolute atomic E-state index is 0.0696. The highest BCUT2D eigenvalue weighted by Crippen LogP contribution is 2.21. The van der Waals surface area contributed by atoms with Gasteiger partial charge in [-0.2, -0.15) is 0 Å². The third-order valence-electron chi connectivity index (χ3n) is 2.96. The fraction of sp³-hybridized carbons (Fsp3) is 1.00. The lowest BCUT2D eigenvalue weighted by Crippen LogP contribution is -2.16. The molecule has 0 radical (unpaired) electrons. The van der Waals surface area contributed by atoms with E-state index in [4.69, 9.17) is 4.74 Å². The van der Waals surface area contributed by atoms with Crippen molar-refractivity contribution in [3.8, 4) is 0 Å². The van der Waals surface area contributed by atoms with Crippen LogP contribution in [0.1, 0.15) is 45.4 Å². The molecule has 1 N–H and O–H groups in total. The summed E-state index contributed by atoms with van der Waals surface area (Å²) in [6, 6.07) is 0. The van der Waals surface area contributed by atoms with Crippen LogP contribution in [0.15, 0.2) is 0 Å². The molecule has 1 rings (SSSR count). The Labute approximate surface area is 81.3 Å². The van der Waals surface area contributed by atoms with E-state index in [2.05, 4.69) is 0 Å². The van der Waals surface area contributed by atoms with Crippen LogP contribution in [0.4, 0.5) is 0 Å². The Kier molecular flexibility index (Phi) is 5.40. The fourth-order valence-electron chi connectivity index (χ4n) is 1.88. The normalized spacial score (nSPS) is 21.7. The minimum Gasteiger partial charge on any atom is -0.393 e. The van der Waals surface area contributed by atoms with Crippen LogP contribution < -0.4 is 0 Å². The van der Waals surface area contributed by atoms with Gasteiger partial charge in [0.15, 0.2) is 0 Å². The first kappa shape index (κ1) is 11.0. The highest BCUT2D eigenvalue weighted by Gasteiger charge is 2.13. The molecule has 0 spiro atoms. The van der Waals surface area contributed by atoms with E-state index < -0.39 is 0 Å². The monoisotopic (exact) mass is 186 g/mol. The third kappa shape index (κ3) is 4.63. The number of ether oxygens (including phenoxy) is 1. The number of rotatable bonds is 5. The molecule has 0 aliphatic carbocycles. The highest BCUT2D eigenvalue weighted by molar-refractivity contribution is 4.64. The van der Waals surface area contributed by atoms with E-state index in [0.29, 0.717) is 0 Å². The van der Waals surface area contributed by atoms with Crippen LogP contribution in [0.5, 0.6) is 0 Å². The highest BCUT2D eigenvalue weighted by atomic mass is 16.5. The van der Waals surface area contributed by atoms with Gasteiger partial charge in [0.1, 0.15) is 0 Å². The quantitative estimate of drug-likeness (QED) is 0.714. The van der Waals surface area contributed by atoms with Crippen LogP contribution in [-0.2, 0) is 4.74 Å². The maximum absolute atomic E-state index is 9.36. The second-order valence-corrected chi connectivity index (χ2v) is 4.05. The van der Waals surface area contributed by atoms with Crippen molar-refractivity contribution in [3.63, 3.8) is 0 Å². The SMILES string of the molecule is CCC(O)CCCC1CCOCC1. The third-order valence-corrected chi connectivity index (χ3v) is 2.96. The summed E-state index contributed by atoms with van der Waals surface area (Å²) in [7, 11) is 0. The Balaban J connectivity index is 1.98. The van der Waals surface area contributed by atoms with Crippen LogP contribution in [0.25, 0.3) is 0 Å². The lowest BCUT2D eigenvalue weighted by Gasteiger charge is -2.22. The van der Waals surface area contributed by atoms with Gasteiger partial charge >= 0.3 is 0 Å². The topological polar surface area (TPSA) is 29.5 Å². The zero-order chi connectivity index (χ0) is 9.52. The molecule has 1 aliphatic heterocycles. The molecule has 0 aromatic heterocycles. The molecule has 1 fully saturated rings. The second kappa shape index (κ2) is 6.39. The van der Waals surface area contributed by atoms with Gasteiger partial charge in [-0.25, -0.2) is 0 Å². The van der Waals surface area contributed by atoms with Gasteiger partial charge in [-0.1, -0.05) is 19.8 Å². The average molecular weight is 186 g/mol. The Morgan fingerprint density at radius 3 is 2.69 bits per heavy atom. The molecule has 1 aliphatic rings. The van der Waals surface area contributed by atoms with E-state index in [1.54, 1.807) is 0 Å². The molecule has 1 atom stereocenters. The van der Waals surface area contributed by atoms with Crippen molar-refractivity contribution < 1.29 is 9.84 Å². The van der Waals surface area contributed by atoms with Crippen molar-refractivity contribution in [2.45, 2.75) is 51.6 Å². The van der Waals surface area contributed by atoms with Crippen molar-refractivity contribution >= 4 is 0 Å². The van der Waals surface area contributed by atoms with Gasteiger partial charge in [0, 0.05) is 13.2 Å². The molecule has 1 heterocycles. The molecular weight excluding hydrogens is 164 g/mol. The molecule has 78 valence electrons. The molecule has 0 amide bonds. The summed E-state index contributed by atoms with van der Waals surface area (Å²) in [5.74, 6) is 0.859. The minimum atomic E-state index is -0.0696. The standard InChI is InChI=1S/C11H22O2/c1-2-11(12)5-3-4-10-6-8-13-9-7-10/h10-12H,2-9H2,1H3. The first-order valence-corrected chi connectivity index (χ1v) is 5.58. The van der Waals surface area contributed by atoms with Gasteiger partial charge in [0.2, 0.25) is 0 Å². The van der Waals surface area contributed by atoms with E-state index in [1.165, 1.54) is 25.7 Å². The summed E-state index contributed by atoms with van der Waals surface area (Å²) in [6.07, 6.45) is 6.71. The molecule has 2 nitrogen and oxygen atoms in total. The van der Waals surface area contributed by atoms with Gasteiger partial charge in [0.25, 0.3) is 0 Å². The number of aliphatic hydroxyl groups is 1. The largest absolute Gasteiger partial charge is 0.393 e. The predicted molar refractivity (Wildman–Crippen MR) is 53.7 cm³/mol. The summed E-state index contributed by atoms with van der Waals surface area (Å²) in [4.78, 5) is 0. The summed E-state index contributed by atoms with van der Waals surface area (Å²) in [6.45, 7) is 3.93. The lowest BCUT2D eigenvalue weighted by molar-refractivity contribution is 0.0613. The molecule has 1 saturated heterocycles. The van der Waals surface area contributed by atoms with Crippen LogP contribution >= 0.6 is 0 Å². The summed E-state index contributed by atoms with van der Waals surface area (Å²) < 4.78 is 5.30. The first-order valence-electron chi connectivity index (χ1n) is 5.58. The van der Waals surface area contributed by atoms with E-state index in [9.17, 15) is 5.11 Å². The van der Waals surface area contributed by atoms with Crippen LogP contribution in [0.2, 0.25) is 0 Å². The zero-order valence-corrected chi connectivity index (χ0v) is 8.67. The van der Waals surface area contributed by atoms with Crippen molar-refractivity contribution in [3.05, 3.63) is 0 Å². The molecule has 2 heteroatoms.